The lowest BCUT2D eigenvalue weighted by molar-refractivity contribution is -0.138. The lowest BCUT2D eigenvalue weighted by atomic mass is 10.1. The van der Waals surface area contributed by atoms with Gasteiger partial charge in [0, 0.05) is 44.9 Å². The highest BCUT2D eigenvalue weighted by Crippen LogP contribution is 2.23. The van der Waals surface area contributed by atoms with Gasteiger partial charge in [-0.15, -0.1) is 0 Å². The SMILES string of the molecule is COCCOCC(=O)N1CCN(C[C@H](OCc2ccc(C(=O)OC)cc2)c2ccc(Cl)cc2)CC1. The molecule has 9 heteroatoms. The van der Waals surface area contributed by atoms with E-state index in [1.54, 1.807) is 19.2 Å². The molecule has 1 aliphatic rings. The van der Waals surface area contributed by atoms with Gasteiger partial charge >= 0.3 is 5.97 Å². The van der Waals surface area contributed by atoms with Crippen LogP contribution in [0.1, 0.15) is 27.6 Å². The fourth-order valence-electron chi connectivity index (χ4n) is 3.79. The van der Waals surface area contributed by atoms with Crippen LogP contribution in [0.3, 0.4) is 0 Å². The Morgan fingerprint density at radius 2 is 1.63 bits per heavy atom. The Kier molecular flexibility index (Phi) is 11.0. The molecule has 0 aliphatic carbocycles. The fourth-order valence-corrected chi connectivity index (χ4v) is 3.92. The van der Waals surface area contributed by atoms with E-state index in [4.69, 9.17) is 30.5 Å². The third-order valence-electron chi connectivity index (χ3n) is 5.87. The lowest BCUT2D eigenvalue weighted by Gasteiger charge is -2.36. The summed E-state index contributed by atoms with van der Waals surface area (Å²) in [7, 11) is 2.97. The molecular formula is C26H33ClN2O6. The molecule has 2 aromatic carbocycles. The van der Waals surface area contributed by atoms with Crippen molar-refractivity contribution in [3.63, 3.8) is 0 Å². The normalized spacial score (nSPS) is 15.1. The molecule has 35 heavy (non-hydrogen) atoms. The summed E-state index contributed by atoms with van der Waals surface area (Å²) in [6, 6.07) is 14.9. The minimum Gasteiger partial charge on any atom is -0.465 e. The van der Waals surface area contributed by atoms with Crippen LogP contribution in [0.4, 0.5) is 0 Å². The highest BCUT2D eigenvalue weighted by atomic mass is 35.5. The van der Waals surface area contributed by atoms with Gasteiger partial charge in [0.15, 0.2) is 0 Å². The molecular weight excluding hydrogens is 472 g/mol. The maximum atomic E-state index is 12.4. The first-order chi connectivity index (χ1) is 17.0. The van der Waals surface area contributed by atoms with Crippen LogP contribution in [0.5, 0.6) is 0 Å². The minimum atomic E-state index is -0.365. The van der Waals surface area contributed by atoms with Crippen molar-refractivity contribution in [2.45, 2.75) is 12.7 Å². The number of esters is 1. The summed E-state index contributed by atoms with van der Waals surface area (Å²) in [5.41, 5.74) is 2.49. The van der Waals surface area contributed by atoms with Gasteiger partial charge in [0.05, 0.1) is 38.6 Å². The number of carbonyl (C=O) groups is 2. The van der Waals surface area contributed by atoms with E-state index in [2.05, 4.69) is 4.90 Å². The molecule has 1 amide bonds. The van der Waals surface area contributed by atoms with Crippen molar-refractivity contribution in [3.8, 4) is 0 Å². The number of halogens is 1. The Balaban J connectivity index is 1.55. The van der Waals surface area contributed by atoms with Crippen LogP contribution in [0.25, 0.3) is 0 Å². The molecule has 1 aliphatic heterocycles. The number of methoxy groups -OCH3 is 2. The summed E-state index contributed by atoms with van der Waals surface area (Å²) in [4.78, 5) is 28.2. The van der Waals surface area contributed by atoms with E-state index in [1.807, 2.05) is 41.3 Å². The Morgan fingerprint density at radius 3 is 2.26 bits per heavy atom. The average Bonchev–Trinajstić information content (AvgIpc) is 2.89. The van der Waals surface area contributed by atoms with Gasteiger partial charge in [0.2, 0.25) is 5.91 Å². The number of rotatable bonds is 12. The van der Waals surface area contributed by atoms with Crippen molar-refractivity contribution in [3.05, 3.63) is 70.2 Å². The number of ether oxygens (including phenoxy) is 4. The molecule has 0 saturated carbocycles. The Bertz CT molecular complexity index is 930. The average molecular weight is 505 g/mol. The van der Waals surface area contributed by atoms with Crippen LogP contribution < -0.4 is 0 Å². The molecule has 8 nitrogen and oxygen atoms in total. The van der Waals surface area contributed by atoms with Crippen LogP contribution in [0, 0.1) is 0 Å². The van der Waals surface area contributed by atoms with E-state index in [-0.39, 0.29) is 24.6 Å². The number of hydrogen-bond donors (Lipinski definition) is 0. The highest BCUT2D eigenvalue weighted by Gasteiger charge is 2.24. The Hall–Kier alpha value is -2.49. The standard InChI is InChI=1S/C26H33ClN2O6/c1-32-15-16-34-19-25(30)29-13-11-28(12-14-29)17-24(21-7-9-23(27)10-8-21)35-18-20-3-5-22(6-4-20)26(31)33-2/h3-10,24H,11-19H2,1-2H3/t24-/m0/s1. The van der Waals surface area contributed by atoms with Crippen LogP contribution in [0.2, 0.25) is 5.02 Å². The van der Waals surface area contributed by atoms with E-state index < -0.39 is 0 Å². The number of amides is 1. The maximum absolute atomic E-state index is 12.4. The topological polar surface area (TPSA) is 77.5 Å². The largest absolute Gasteiger partial charge is 0.465 e. The summed E-state index contributed by atoms with van der Waals surface area (Å²) in [5.74, 6) is -0.364. The molecule has 0 bridgehead atoms. The van der Waals surface area contributed by atoms with E-state index in [0.717, 1.165) is 24.2 Å². The third kappa shape index (κ3) is 8.59. The van der Waals surface area contributed by atoms with E-state index in [9.17, 15) is 9.59 Å². The first-order valence-electron chi connectivity index (χ1n) is 11.6. The predicted molar refractivity (Wildman–Crippen MR) is 132 cm³/mol. The van der Waals surface area contributed by atoms with E-state index in [0.29, 0.717) is 50.0 Å². The minimum absolute atomic E-state index is 0.00153. The van der Waals surface area contributed by atoms with Gasteiger partial charge in [-0.2, -0.15) is 0 Å². The van der Waals surface area contributed by atoms with Gasteiger partial charge in [-0.3, -0.25) is 9.69 Å². The molecule has 0 unspecified atom stereocenters. The van der Waals surface area contributed by atoms with Crippen LogP contribution in [0.15, 0.2) is 48.5 Å². The molecule has 0 aromatic heterocycles. The number of piperazine rings is 1. The quantitative estimate of drug-likeness (QED) is 0.324. The number of hydrogen-bond acceptors (Lipinski definition) is 7. The second-order valence-electron chi connectivity index (χ2n) is 8.27. The zero-order valence-electron chi connectivity index (χ0n) is 20.3. The Labute approximate surface area is 211 Å². The van der Waals surface area contributed by atoms with Crippen molar-refractivity contribution in [1.82, 2.24) is 9.80 Å². The van der Waals surface area contributed by atoms with Gasteiger partial charge in [-0.05, 0) is 35.4 Å². The third-order valence-corrected chi connectivity index (χ3v) is 6.13. The fraction of sp³-hybridized carbons (Fsp3) is 0.462. The Morgan fingerprint density at radius 1 is 0.943 bits per heavy atom. The zero-order valence-corrected chi connectivity index (χ0v) is 21.0. The lowest BCUT2D eigenvalue weighted by Crippen LogP contribution is -2.50. The molecule has 0 radical (unpaired) electrons. The highest BCUT2D eigenvalue weighted by molar-refractivity contribution is 6.30. The summed E-state index contributed by atoms with van der Waals surface area (Å²) in [6.45, 7) is 4.85. The van der Waals surface area contributed by atoms with Gasteiger partial charge in [0.25, 0.3) is 0 Å². The van der Waals surface area contributed by atoms with E-state index >= 15 is 0 Å². The predicted octanol–water partition coefficient (Wildman–Crippen LogP) is 3.19. The van der Waals surface area contributed by atoms with Gasteiger partial charge in [-0.25, -0.2) is 4.79 Å². The molecule has 0 N–H and O–H groups in total. The molecule has 0 spiro atoms. The van der Waals surface area contributed by atoms with Gasteiger partial charge < -0.3 is 23.8 Å². The molecule has 190 valence electrons. The number of nitrogens with zero attached hydrogens (tertiary/aromatic N) is 2. The van der Waals surface area contributed by atoms with Gasteiger partial charge in [0.1, 0.15) is 6.61 Å². The summed E-state index contributed by atoms with van der Waals surface area (Å²) in [6.07, 6.45) is -0.174. The van der Waals surface area contributed by atoms with E-state index in [1.165, 1.54) is 7.11 Å². The first kappa shape index (κ1) is 27.1. The molecule has 3 rings (SSSR count). The second kappa shape index (κ2) is 14.2. The van der Waals surface area contributed by atoms with Crippen molar-refractivity contribution in [2.24, 2.45) is 0 Å². The molecule has 1 heterocycles. The number of carbonyl (C=O) groups excluding carboxylic acids is 2. The monoisotopic (exact) mass is 504 g/mol. The van der Waals surface area contributed by atoms with Crippen molar-refractivity contribution in [2.75, 3.05) is 66.8 Å². The van der Waals surface area contributed by atoms with Crippen molar-refractivity contribution >= 4 is 23.5 Å². The van der Waals surface area contributed by atoms with Crippen molar-refractivity contribution in [1.29, 1.82) is 0 Å². The van der Waals surface area contributed by atoms with Crippen LogP contribution in [-0.2, 0) is 30.3 Å². The zero-order chi connectivity index (χ0) is 25.0. The first-order valence-corrected chi connectivity index (χ1v) is 12.0. The van der Waals surface area contributed by atoms with Crippen LogP contribution >= 0.6 is 11.6 Å². The van der Waals surface area contributed by atoms with Gasteiger partial charge in [-0.1, -0.05) is 35.9 Å². The van der Waals surface area contributed by atoms with Crippen LogP contribution in [-0.4, -0.2) is 88.4 Å². The summed E-state index contributed by atoms with van der Waals surface area (Å²) >= 11 is 6.09. The summed E-state index contributed by atoms with van der Waals surface area (Å²) < 4.78 is 21.4. The summed E-state index contributed by atoms with van der Waals surface area (Å²) in [5, 5.41) is 0.672. The molecule has 1 saturated heterocycles. The molecule has 1 atom stereocenters. The number of benzene rings is 2. The molecule has 1 fully saturated rings. The smallest absolute Gasteiger partial charge is 0.337 e. The second-order valence-corrected chi connectivity index (χ2v) is 8.70. The maximum Gasteiger partial charge on any atom is 0.337 e. The van der Waals surface area contributed by atoms with Crippen molar-refractivity contribution < 1.29 is 28.5 Å². The molecule has 2 aromatic rings.